The molecule has 5 rings (SSSR count). The number of benzene rings is 2. The van der Waals surface area contributed by atoms with E-state index in [1.165, 1.54) is 11.8 Å². The van der Waals surface area contributed by atoms with Crippen LogP contribution in [0.2, 0.25) is 0 Å². The number of aryl methyl sites for hydroxylation is 1. The van der Waals surface area contributed by atoms with Crippen molar-refractivity contribution in [1.29, 1.82) is 0 Å². The molecule has 0 fully saturated rings. The SMILES string of the molecule is C=CCOc1cccc([C@@H]2c3c(oc4ccccc4c3=O)C(=O)N2c2nc(C)c(C(C)=O)s2)c1. The maximum atomic E-state index is 13.7. The summed E-state index contributed by atoms with van der Waals surface area (Å²) in [4.78, 5) is 45.7. The molecule has 0 saturated heterocycles. The number of thiazole rings is 1. The second kappa shape index (κ2) is 8.39. The predicted octanol–water partition coefficient (Wildman–Crippen LogP) is 5.08. The van der Waals surface area contributed by atoms with Crippen LogP contribution in [0, 0.1) is 6.92 Å². The Morgan fingerprint density at radius 3 is 2.76 bits per heavy atom. The summed E-state index contributed by atoms with van der Waals surface area (Å²) in [5, 5.41) is 0.713. The Morgan fingerprint density at radius 1 is 1.24 bits per heavy atom. The average molecular weight is 473 g/mol. The molecule has 4 aromatic rings. The van der Waals surface area contributed by atoms with Gasteiger partial charge in [0.2, 0.25) is 5.76 Å². The fourth-order valence-electron chi connectivity index (χ4n) is 4.17. The quantitative estimate of drug-likeness (QED) is 0.287. The van der Waals surface area contributed by atoms with Gasteiger partial charge in [0.05, 0.1) is 27.6 Å². The Kier molecular flexibility index (Phi) is 5.37. The third-order valence-electron chi connectivity index (χ3n) is 5.63. The lowest BCUT2D eigenvalue weighted by molar-refractivity contribution is 0.0969. The summed E-state index contributed by atoms with van der Waals surface area (Å²) in [5.74, 6) is -0.0719. The minimum atomic E-state index is -0.791. The van der Waals surface area contributed by atoms with E-state index in [0.717, 1.165) is 11.3 Å². The summed E-state index contributed by atoms with van der Waals surface area (Å²) in [6.07, 6.45) is 1.63. The largest absolute Gasteiger partial charge is 0.490 e. The molecule has 1 atom stereocenters. The average Bonchev–Trinajstić information content (AvgIpc) is 3.35. The molecule has 1 aliphatic rings. The van der Waals surface area contributed by atoms with Crippen molar-refractivity contribution in [2.45, 2.75) is 19.9 Å². The number of hydrogen-bond acceptors (Lipinski definition) is 7. The summed E-state index contributed by atoms with van der Waals surface area (Å²) >= 11 is 1.12. The molecule has 34 heavy (non-hydrogen) atoms. The molecule has 0 radical (unpaired) electrons. The third-order valence-corrected chi connectivity index (χ3v) is 6.89. The molecule has 0 saturated carbocycles. The van der Waals surface area contributed by atoms with Crippen molar-refractivity contribution in [3.05, 3.63) is 98.9 Å². The van der Waals surface area contributed by atoms with Gasteiger partial charge in [-0.25, -0.2) is 4.98 Å². The number of aromatic nitrogens is 1. The van der Waals surface area contributed by atoms with E-state index in [0.29, 0.717) is 44.6 Å². The van der Waals surface area contributed by atoms with E-state index in [1.54, 1.807) is 55.5 Å². The van der Waals surface area contributed by atoms with Crippen molar-refractivity contribution in [2.24, 2.45) is 0 Å². The Balaban J connectivity index is 1.76. The first-order valence-corrected chi connectivity index (χ1v) is 11.4. The highest BCUT2D eigenvalue weighted by Gasteiger charge is 2.45. The van der Waals surface area contributed by atoms with Gasteiger partial charge in [0, 0.05) is 6.92 Å². The lowest BCUT2D eigenvalue weighted by atomic mass is 9.98. The van der Waals surface area contributed by atoms with Crippen LogP contribution in [0.1, 0.15) is 50.0 Å². The maximum Gasteiger partial charge on any atom is 0.297 e. The molecule has 0 N–H and O–H groups in total. The van der Waals surface area contributed by atoms with Gasteiger partial charge in [-0.05, 0) is 36.8 Å². The molecule has 0 unspecified atom stereocenters. The topological polar surface area (TPSA) is 89.7 Å². The fourth-order valence-corrected chi connectivity index (χ4v) is 5.16. The van der Waals surface area contributed by atoms with Gasteiger partial charge < -0.3 is 9.15 Å². The molecule has 2 aromatic carbocycles. The first-order valence-electron chi connectivity index (χ1n) is 10.6. The number of Topliss-reactive ketones (excluding diaryl/α,β-unsaturated/α-hetero) is 1. The molecule has 0 spiro atoms. The molecule has 1 aliphatic heterocycles. The number of hydrogen-bond donors (Lipinski definition) is 0. The van der Waals surface area contributed by atoms with Crippen molar-refractivity contribution >= 4 is 39.1 Å². The zero-order valence-electron chi connectivity index (χ0n) is 18.5. The fraction of sp³-hybridized carbons (Fsp3) is 0.154. The van der Waals surface area contributed by atoms with Crippen LogP contribution < -0.4 is 15.1 Å². The normalized spacial score (nSPS) is 14.9. The van der Waals surface area contributed by atoms with E-state index in [2.05, 4.69) is 11.6 Å². The van der Waals surface area contributed by atoms with E-state index < -0.39 is 11.9 Å². The number of carbonyl (C=O) groups excluding carboxylic acids is 2. The van der Waals surface area contributed by atoms with Crippen LogP contribution >= 0.6 is 11.3 Å². The summed E-state index contributed by atoms with van der Waals surface area (Å²) < 4.78 is 11.6. The zero-order valence-corrected chi connectivity index (χ0v) is 19.3. The van der Waals surface area contributed by atoms with E-state index in [-0.39, 0.29) is 22.5 Å². The Bertz CT molecular complexity index is 1530. The van der Waals surface area contributed by atoms with E-state index >= 15 is 0 Å². The van der Waals surface area contributed by atoms with Crippen molar-refractivity contribution in [1.82, 2.24) is 4.98 Å². The summed E-state index contributed by atoms with van der Waals surface area (Å²) in [7, 11) is 0. The number of ketones is 1. The van der Waals surface area contributed by atoms with E-state index in [1.807, 2.05) is 6.07 Å². The number of ether oxygens (including phenoxy) is 1. The summed E-state index contributed by atoms with van der Waals surface area (Å²) in [5.41, 5.74) is 1.48. The van der Waals surface area contributed by atoms with Crippen LogP contribution in [0.15, 0.2) is 70.4 Å². The standard InChI is InChI=1S/C26H20N2O5S/c1-4-12-32-17-9-7-8-16(13-17)21-20-22(30)18-10-5-6-11-19(18)33-23(20)25(31)28(21)26-27-14(2)24(34-26)15(3)29/h4-11,13,21H,1,12H2,2-3H3/t21-/m1/s1. The lowest BCUT2D eigenvalue weighted by Gasteiger charge is -2.23. The van der Waals surface area contributed by atoms with Crippen LogP contribution in [-0.4, -0.2) is 23.3 Å². The minimum absolute atomic E-state index is 0.0247. The third kappa shape index (κ3) is 3.43. The molecule has 0 aliphatic carbocycles. The molecule has 0 bridgehead atoms. The van der Waals surface area contributed by atoms with E-state index in [4.69, 9.17) is 9.15 Å². The Labute approximate surface area is 198 Å². The highest BCUT2D eigenvalue weighted by molar-refractivity contribution is 7.17. The number of nitrogens with zero attached hydrogens (tertiary/aromatic N) is 2. The van der Waals surface area contributed by atoms with Gasteiger partial charge in [0.25, 0.3) is 5.91 Å². The molecule has 7 nitrogen and oxygen atoms in total. The van der Waals surface area contributed by atoms with Gasteiger partial charge >= 0.3 is 0 Å². The first-order chi connectivity index (χ1) is 16.4. The second-order valence-electron chi connectivity index (χ2n) is 7.89. The van der Waals surface area contributed by atoms with Crippen molar-refractivity contribution in [3.8, 4) is 5.75 Å². The Hall–Kier alpha value is -4.04. The van der Waals surface area contributed by atoms with Gasteiger partial charge in [-0.2, -0.15) is 0 Å². The maximum absolute atomic E-state index is 13.7. The molecule has 2 aromatic heterocycles. The molecule has 1 amide bonds. The zero-order chi connectivity index (χ0) is 24.0. The second-order valence-corrected chi connectivity index (χ2v) is 8.86. The Morgan fingerprint density at radius 2 is 2.03 bits per heavy atom. The lowest BCUT2D eigenvalue weighted by Crippen LogP contribution is -2.29. The van der Waals surface area contributed by atoms with Gasteiger partial charge in [0.15, 0.2) is 16.3 Å². The van der Waals surface area contributed by atoms with Crippen LogP contribution in [0.3, 0.4) is 0 Å². The number of anilines is 1. The smallest absolute Gasteiger partial charge is 0.297 e. The molecule has 3 heterocycles. The highest BCUT2D eigenvalue weighted by Crippen LogP contribution is 2.43. The van der Waals surface area contributed by atoms with Gasteiger partial charge in [-0.3, -0.25) is 19.3 Å². The van der Waals surface area contributed by atoms with E-state index in [9.17, 15) is 14.4 Å². The summed E-state index contributed by atoms with van der Waals surface area (Å²) in [6, 6.07) is 13.2. The molecular weight excluding hydrogens is 452 g/mol. The molecule has 8 heteroatoms. The number of para-hydroxylation sites is 1. The minimum Gasteiger partial charge on any atom is -0.490 e. The van der Waals surface area contributed by atoms with Crippen LogP contribution in [0.5, 0.6) is 5.75 Å². The number of fused-ring (bicyclic) bond motifs is 2. The van der Waals surface area contributed by atoms with Gasteiger partial charge in [-0.15, -0.1) is 0 Å². The van der Waals surface area contributed by atoms with Crippen molar-refractivity contribution in [3.63, 3.8) is 0 Å². The molecule has 170 valence electrons. The summed E-state index contributed by atoms with van der Waals surface area (Å²) in [6.45, 7) is 7.16. The molecular formula is C26H20N2O5S. The first kappa shape index (κ1) is 21.8. The van der Waals surface area contributed by atoms with Crippen LogP contribution in [0.25, 0.3) is 11.0 Å². The number of amides is 1. The monoisotopic (exact) mass is 472 g/mol. The van der Waals surface area contributed by atoms with Crippen LogP contribution in [-0.2, 0) is 0 Å². The number of carbonyl (C=O) groups is 2. The highest BCUT2D eigenvalue weighted by atomic mass is 32.1. The van der Waals surface area contributed by atoms with Crippen LogP contribution in [0.4, 0.5) is 5.13 Å². The van der Waals surface area contributed by atoms with Crippen molar-refractivity contribution < 1.29 is 18.7 Å². The van der Waals surface area contributed by atoms with Gasteiger partial charge in [-0.1, -0.05) is 48.3 Å². The van der Waals surface area contributed by atoms with Crippen molar-refractivity contribution in [2.75, 3.05) is 11.5 Å². The van der Waals surface area contributed by atoms with Gasteiger partial charge in [0.1, 0.15) is 17.9 Å². The predicted molar refractivity (Wildman–Crippen MR) is 130 cm³/mol. The number of rotatable bonds is 6.